The number of guanidine groups is 1. The van der Waals surface area contributed by atoms with Gasteiger partial charge in [0.2, 0.25) is 11.9 Å². The summed E-state index contributed by atoms with van der Waals surface area (Å²) in [6.45, 7) is 6.36. The summed E-state index contributed by atoms with van der Waals surface area (Å²) in [4.78, 5) is 8.23. The smallest absolute Gasteiger partial charge is 0.216 e. The van der Waals surface area contributed by atoms with E-state index in [2.05, 4.69) is 20.7 Å². The Morgan fingerprint density at radius 2 is 2.47 bits per heavy atom. The molecule has 1 aromatic rings. The fourth-order valence-corrected chi connectivity index (χ4v) is 1.13. The number of oxazole rings is 1. The van der Waals surface area contributed by atoms with Crippen molar-refractivity contribution in [1.82, 2.24) is 15.7 Å². The highest BCUT2D eigenvalue weighted by atomic mass is 16.4. The van der Waals surface area contributed by atoms with Crippen LogP contribution in [0.1, 0.15) is 31.5 Å². The molecule has 0 saturated carbocycles. The Kier molecular flexibility index (Phi) is 4.11. The van der Waals surface area contributed by atoms with Crippen molar-refractivity contribution in [2.24, 2.45) is 10.8 Å². The molecule has 4 N–H and O–H groups in total. The number of nitrogens with two attached hydrogens (primary N) is 1. The van der Waals surface area contributed by atoms with E-state index in [-0.39, 0.29) is 6.04 Å². The van der Waals surface area contributed by atoms with E-state index >= 15 is 0 Å². The fourth-order valence-electron chi connectivity index (χ4n) is 1.13. The van der Waals surface area contributed by atoms with Crippen LogP contribution >= 0.6 is 0 Å². The van der Waals surface area contributed by atoms with Crippen molar-refractivity contribution in [3.8, 4) is 0 Å². The monoisotopic (exact) mass is 211 g/mol. The molecule has 1 atom stereocenters. The van der Waals surface area contributed by atoms with E-state index in [1.807, 2.05) is 20.8 Å². The second kappa shape index (κ2) is 5.35. The van der Waals surface area contributed by atoms with Gasteiger partial charge in [-0.2, -0.15) is 0 Å². The molecule has 6 nitrogen and oxygen atoms in total. The van der Waals surface area contributed by atoms with Crippen LogP contribution in [0.15, 0.2) is 15.6 Å². The van der Waals surface area contributed by atoms with E-state index in [1.54, 1.807) is 6.20 Å². The summed E-state index contributed by atoms with van der Waals surface area (Å²) in [7, 11) is 0. The molecule has 0 aliphatic carbocycles. The van der Waals surface area contributed by atoms with Gasteiger partial charge in [0, 0.05) is 6.54 Å². The first-order chi connectivity index (χ1) is 7.17. The van der Waals surface area contributed by atoms with E-state index < -0.39 is 0 Å². The summed E-state index contributed by atoms with van der Waals surface area (Å²) in [5.74, 6) is 7.23. The Balaban J connectivity index is 2.62. The third kappa shape index (κ3) is 3.25. The zero-order valence-corrected chi connectivity index (χ0v) is 9.24. The van der Waals surface area contributed by atoms with Gasteiger partial charge in [0.25, 0.3) is 0 Å². The summed E-state index contributed by atoms with van der Waals surface area (Å²) < 4.78 is 5.37. The number of hydrazine groups is 1. The number of nitrogens with one attached hydrogen (secondary N) is 2. The highest BCUT2D eigenvalue weighted by molar-refractivity contribution is 5.79. The molecule has 0 amide bonds. The van der Waals surface area contributed by atoms with Crippen LogP contribution in [0.25, 0.3) is 0 Å². The molecule has 1 aromatic heterocycles. The van der Waals surface area contributed by atoms with Crippen molar-refractivity contribution in [3.63, 3.8) is 0 Å². The molecule has 0 fully saturated rings. The van der Waals surface area contributed by atoms with Crippen molar-refractivity contribution in [2.75, 3.05) is 6.54 Å². The molecule has 0 aromatic carbocycles. The Morgan fingerprint density at radius 1 is 1.73 bits per heavy atom. The van der Waals surface area contributed by atoms with Crippen LogP contribution < -0.4 is 16.6 Å². The minimum Gasteiger partial charge on any atom is -0.444 e. The third-order valence-corrected chi connectivity index (χ3v) is 1.82. The quantitative estimate of drug-likeness (QED) is 0.293. The van der Waals surface area contributed by atoms with Crippen molar-refractivity contribution in [1.29, 1.82) is 0 Å². The number of aryl methyl sites for hydroxylation is 1. The molecule has 0 aliphatic rings. The predicted molar refractivity (Wildman–Crippen MR) is 58.1 cm³/mol. The lowest BCUT2D eigenvalue weighted by Crippen LogP contribution is -2.42. The van der Waals surface area contributed by atoms with Gasteiger partial charge in [-0.15, -0.1) is 0 Å². The van der Waals surface area contributed by atoms with Gasteiger partial charge in [-0.3, -0.25) is 10.4 Å². The van der Waals surface area contributed by atoms with Gasteiger partial charge in [0.1, 0.15) is 11.8 Å². The third-order valence-electron chi connectivity index (χ3n) is 1.82. The summed E-state index contributed by atoms with van der Waals surface area (Å²) >= 11 is 0. The number of nitrogens with zero attached hydrogens (tertiary/aromatic N) is 2. The van der Waals surface area contributed by atoms with Gasteiger partial charge in [-0.05, 0) is 20.8 Å². The number of aromatic nitrogens is 1. The van der Waals surface area contributed by atoms with Crippen molar-refractivity contribution >= 4 is 5.96 Å². The van der Waals surface area contributed by atoms with Crippen LogP contribution in [-0.2, 0) is 0 Å². The zero-order chi connectivity index (χ0) is 11.3. The number of hydrogen-bond donors (Lipinski definition) is 3. The fraction of sp³-hybridized carbons (Fsp3) is 0.556. The molecule has 0 spiro atoms. The van der Waals surface area contributed by atoms with Gasteiger partial charge < -0.3 is 9.73 Å². The standard InChI is InChI=1S/C9H17N5O/c1-4-11-9(14-10)13-7(3)8-12-5-6(2)15-8/h5,7H,4,10H2,1-3H3,(H2,11,13,14). The van der Waals surface area contributed by atoms with Gasteiger partial charge in [0.05, 0.1) is 6.20 Å². The Morgan fingerprint density at radius 3 is 2.93 bits per heavy atom. The Bertz CT molecular complexity index is 333. The lowest BCUT2D eigenvalue weighted by atomic mass is 10.3. The molecule has 1 rings (SSSR count). The average Bonchev–Trinajstić information content (AvgIpc) is 2.64. The first-order valence-corrected chi connectivity index (χ1v) is 4.87. The summed E-state index contributed by atoms with van der Waals surface area (Å²) in [6, 6.07) is -0.0694. The summed E-state index contributed by atoms with van der Waals surface area (Å²) in [5, 5.41) is 3.05. The lowest BCUT2D eigenvalue weighted by Gasteiger charge is -2.13. The zero-order valence-electron chi connectivity index (χ0n) is 9.24. The van der Waals surface area contributed by atoms with Crippen LogP contribution in [0.4, 0.5) is 0 Å². The van der Waals surface area contributed by atoms with E-state index in [4.69, 9.17) is 10.3 Å². The first kappa shape index (κ1) is 11.5. The molecule has 84 valence electrons. The molecular weight excluding hydrogens is 194 g/mol. The Labute approximate surface area is 88.9 Å². The molecular formula is C9H17N5O. The highest BCUT2D eigenvalue weighted by Crippen LogP contribution is 2.11. The van der Waals surface area contributed by atoms with Crippen LogP contribution in [0, 0.1) is 6.92 Å². The topological polar surface area (TPSA) is 88.5 Å². The SMILES string of the molecule is CCN=C(NN)NC(C)c1ncc(C)o1. The van der Waals surface area contributed by atoms with E-state index in [0.717, 1.165) is 5.76 Å². The van der Waals surface area contributed by atoms with Crippen LogP contribution in [0.2, 0.25) is 0 Å². The first-order valence-electron chi connectivity index (χ1n) is 4.87. The van der Waals surface area contributed by atoms with Crippen LogP contribution in [-0.4, -0.2) is 17.5 Å². The van der Waals surface area contributed by atoms with Gasteiger partial charge in [-0.1, -0.05) is 0 Å². The van der Waals surface area contributed by atoms with Gasteiger partial charge in [-0.25, -0.2) is 10.8 Å². The van der Waals surface area contributed by atoms with E-state index in [0.29, 0.717) is 18.4 Å². The maximum atomic E-state index is 5.37. The molecule has 0 aliphatic heterocycles. The largest absolute Gasteiger partial charge is 0.444 e. The van der Waals surface area contributed by atoms with Crippen molar-refractivity contribution < 1.29 is 4.42 Å². The summed E-state index contributed by atoms with van der Waals surface area (Å²) in [6.07, 6.45) is 1.68. The maximum absolute atomic E-state index is 5.37. The molecule has 0 saturated heterocycles. The van der Waals surface area contributed by atoms with Crippen molar-refractivity contribution in [2.45, 2.75) is 26.8 Å². The minimum atomic E-state index is -0.0694. The molecule has 6 heteroatoms. The molecule has 0 radical (unpaired) electrons. The normalized spacial score (nSPS) is 13.7. The van der Waals surface area contributed by atoms with E-state index in [9.17, 15) is 0 Å². The average molecular weight is 211 g/mol. The molecule has 0 bridgehead atoms. The lowest BCUT2D eigenvalue weighted by molar-refractivity contribution is 0.427. The summed E-state index contributed by atoms with van der Waals surface area (Å²) in [5.41, 5.74) is 2.48. The maximum Gasteiger partial charge on any atom is 0.216 e. The van der Waals surface area contributed by atoms with Gasteiger partial charge in [0.15, 0.2) is 0 Å². The highest BCUT2D eigenvalue weighted by Gasteiger charge is 2.12. The predicted octanol–water partition coefficient (Wildman–Crippen LogP) is 0.473. The second-order valence-corrected chi connectivity index (χ2v) is 3.14. The second-order valence-electron chi connectivity index (χ2n) is 3.14. The number of hydrogen-bond acceptors (Lipinski definition) is 4. The van der Waals surface area contributed by atoms with Crippen LogP contribution in [0.3, 0.4) is 0 Å². The van der Waals surface area contributed by atoms with E-state index in [1.165, 1.54) is 0 Å². The minimum absolute atomic E-state index is 0.0694. The number of aliphatic imine (C=N–C) groups is 1. The molecule has 1 heterocycles. The number of rotatable bonds is 3. The Hall–Kier alpha value is -1.56. The van der Waals surface area contributed by atoms with Gasteiger partial charge >= 0.3 is 0 Å². The molecule has 15 heavy (non-hydrogen) atoms. The van der Waals surface area contributed by atoms with Crippen LogP contribution in [0.5, 0.6) is 0 Å². The van der Waals surface area contributed by atoms with Crippen molar-refractivity contribution in [3.05, 3.63) is 17.8 Å². The molecule has 1 unspecified atom stereocenters.